The summed E-state index contributed by atoms with van der Waals surface area (Å²) in [5.74, 6) is 0.718. The van der Waals surface area contributed by atoms with Gasteiger partial charge in [-0.25, -0.2) is 4.79 Å². The number of amides is 1. The number of likely N-dealkylation sites (tertiary alicyclic amines) is 1. The van der Waals surface area contributed by atoms with Gasteiger partial charge >= 0.3 is 6.09 Å². The molecule has 1 aliphatic rings. The van der Waals surface area contributed by atoms with E-state index in [1.54, 1.807) is 0 Å². The highest BCUT2D eigenvalue weighted by Crippen LogP contribution is 2.34. The van der Waals surface area contributed by atoms with E-state index in [-0.39, 0.29) is 12.2 Å². The van der Waals surface area contributed by atoms with Crippen molar-refractivity contribution in [2.24, 2.45) is 11.3 Å². The Morgan fingerprint density at radius 1 is 1.25 bits per heavy atom. The highest BCUT2D eigenvalue weighted by molar-refractivity contribution is 5.67. The molecule has 0 bridgehead atoms. The van der Waals surface area contributed by atoms with Crippen LogP contribution in [0.25, 0.3) is 0 Å². The maximum Gasteiger partial charge on any atom is 0.410 e. The van der Waals surface area contributed by atoms with Crippen LogP contribution in [0.2, 0.25) is 0 Å². The molecule has 3 heteroatoms. The van der Waals surface area contributed by atoms with Gasteiger partial charge in [0.1, 0.15) is 0 Å². The Bertz CT molecular complexity index is 235. The van der Waals surface area contributed by atoms with E-state index in [1.165, 1.54) is 0 Å². The molecule has 1 heterocycles. The molecule has 1 aliphatic heterocycles. The predicted octanol–water partition coefficient (Wildman–Crippen LogP) is 3.29. The van der Waals surface area contributed by atoms with E-state index in [4.69, 9.17) is 4.74 Å². The zero-order valence-electron chi connectivity index (χ0n) is 11.2. The Morgan fingerprint density at radius 2 is 1.75 bits per heavy atom. The first-order valence-electron chi connectivity index (χ1n) is 6.26. The maximum atomic E-state index is 11.7. The minimum atomic E-state index is -0.151. The lowest BCUT2D eigenvalue weighted by molar-refractivity contribution is 0.0533. The summed E-state index contributed by atoms with van der Waals surface area (Å²) in [6.45, 7) is 12.3. The lowest BCUT2D eigenvalue weighted by Gasteiger charge is -2.38. The molecule has 1 saturated heterocycles. The Hall–Kier alpha value is -0.730. The van der Waals surface area contributed by atoms with E-state index in [0.29, 0.717) is 5.41 Å². The highest BCUT2D eigenvalue weighted by atomic mass is 16.6. The summed E-state index contributed by atoms with van der Waals surface area (Å²) in [6, 6.07) is 0. The molecule has 0 N–H and O–H groups in total. The van der Waals surface area contributed by atoms with E-state index in [0.717, 1.165) is 31.8 Å². The van der Waals surface area contributed by atoms with Crippen LogP contribution >= 0.6 is 0 Å². The third-order valence-electron chi connectivity index (χ3n) is 3.31. The van der Waals surface area contributed by atoms with Crippen LogP contribution in [0.1, 0.15) is 47.5 Å². The summed E-state index contributed by atoms with van der Waals surface area (Å²) < 4.78 is 5.20. The molecule has 0 saturated carbocycles. The summed E-state index contributed by atoms with van der Waals surface area (Å²) in [5.41, 5.74) is 0.355. The number of ether oxygens (including phenoxy) is 1. The van der Waals surface area contributed by atoms with E-state index in [1.807, 2.05) is 18.7 Å². The van der Waals surface area contributed by atoms with Crippen LogP contribution < -0.4 is 0 Å². The molecule has 1 fully saturated rings. The van der Waals surface area contributed by atoms with Gasteiger partial charge in [-0.2, -0.15) is 0 Å². The predicted molar refractivity (Wildman–Crippen MR) is 65.4 cm³/mol. The van der Waals surface area contributed by atoms with Crippen LogP contribution in [0.15, 0.2) is 0 Å². The molecule has 1 rings (SSSR count). The maximum absolute atomic E-state index is 11.7. The summed E-state index contributed by atoms with van der Waals surface area (Å²) in [7, 11) is 0. The number of nitrogens with zero attached hydrogens (tertiary/aromatic N) is 1. The van der Waals surface area contributed by atoms with E-state index < -0.39 is 0 Å². The van der Waals surface area contributed by atoms with Gasteiger partial charge in [-0.15, -0.1) is 0 Å². The molecule has 94 valence electrons. The summed E-state index contributed by atoms with van der Waals surface area (Å²) >= 11 is 0. The largest absolute Gasteiger partial charge is 0.447 e. The van der Waals surface area contributed by atoms with Crippen molar-refractivity contribution in [1.29, 1.82) is 0 Å². The average molecular weight is 227 g/mol. The van der Waals surface area contributed by atoms with E-state index >= 15 is 0 Å². The monoisotopic (exact) mass is 227 g/mol. The van der Waals surface area contributed by atoms with E-state index in [9.17, 15) is 4.79 Å². The average Bonchev–Trinajstić information content (AvgIpc) is 2.15. The molecule has 0 radical (unpaired) electrons. The molecule has 0 aromatic heterocycles. The number of carbonyl (C=O) groups excluding carboxylic acids is 1. The minimum absolute atomic E-state index is 0.0205. The Kier molecular flexibility index (Phi) is 4.22. The molecule has 0 aromatic rings. The second-order valence-corrected chi connectivity index (χ2v) is 6.06. The molecule has 0 unspecified atom stereocenters. The van der Waals surface area contributed by atoms with Crippen LogP contribution in [0.4, 0.5) is 4.79 Å². The van der Waals surface area contributed by atoms with Crippen LogP contribution in [0, 0.1) is 11.3 Å². The molecular formula is C13H25NO2. The summed E-state index contributed by atoms with van der Waals surface area (Å²) in [5, 5.41) is 0. The summed E-state index contributed by atoms with van der Waals surface area (Å²) in [6.07, 6.45) is 2.02. The van der Waals surface area contributed by atoms with Crippen LogP contribution in [0.3, 0.4) is 0 Å². The van der Waals surface area contributed by atoms with Crippen molar-refractivity contribution >= 4 is 6.09 Å². The van der Waals surface area contributed by atoms with Crippen LogP contribution in [-0.4, -0.2) is 30.2 Å². The Morgan fingerprint density at radius 3 is 2.12 bits per heavy atom. The van der Waals surface area contributed by atoms with Gasteiger partial charge in [-0.05, 0) is 38.0 Å². The van der Waals surface area contributed by atoms with Gasteiger partial charge in [0.15, 0.2) is 0 Å². The van der Waals surface area contributed by atoms with Gasteiger partial charge in [0.05, 0.1) is 6.10 Å². The van der Waals surface area contributed by atoms with Crippen LogP contribution in [-0.2, 0) is 4.74 Å². The van der Waals surface area contributed by atoms with Crippen molar-refractivity contribution in [3.8, 4) is 0 Å². The van der Waals surface area contributed by atoms with Gasteiger partial charge < -0.3 is 9.64 Å². The number of piperidine rings is 1. The molecular weight excluding hydrogens is 202 g/mol. The van der Waals surface area contributed by atoms with Crippen molar-refractivity contribution in [2.75, 3.05) is 13.1 Å². The molecule has 0 atom stereocenters. The normalized spacial score (nSPS) is 19.0. The smallest absolute Gasteiger partial charge is 0.410 e. The first kappa shape index (κ1) is 13.3. The number of hydrogen-bond acceptors (Lipinski definition) is 2. The minimum Gasteiger partial charge on any atom is -0.447 e. The zero-order chi connectivity index (χ0) is 12.3. The van der Waals surface area contributed by atoms with Crippen molar-refractivity contribution in [1.82, 2.24) is 4.90 Å². The fraction of sp³-hybridized carbons (Fsp3) is 0.923. The number of hydrogen-bond donors (Lipinski definition) is 0. The van der Waals surface area contributed by atoms with Crippen molar-refractivity contribution < 1.29 is 9.53 Å². The topological polar surface area (TPSA) is 29.5 Å². The van der Waals surface area contributed by atoms with Gasteiger partial charge in [0.2, 0.25) is 0 Å². The first-order valence-corrected chi connectivity index (χ1v) is 6.26. The van der Waals surface area contributed by atoms with Crippen molar-refractivity contribution in [2.45, 2.75) is 53.6 Å². The second kappa shape index (κ2) is 5.07. The third-order valence-corrected chi connectivity index (χ3v) is 3.31. The second-order valence-electron chi connectivity index (χ2n) is 6.06. The summed E-state index contributed by atoms with van der Waals surface area (Å²) in [4.78, 5) is 13.5. The van der Waals surface area contributed by atoms with Crippen molar-refractivity contribution in [3.63, 3.8) is 0 Å². The quantitative estimate of drug-likeness (QED) is 0.688. The SMILES string of the molecule is CC(C)OC(=O)N1CCC(C(C)(C)C)CC1. The van der Waals surface area contributed by atoms with Crippen LogP contribution in [0.5, 0.6) is 0 Å². The highest BCUT2D eigenvalue weighted by Gasteiger charge is 2.30. The van der Waals surface area contributed by atoms with Crippen molar-refractivity contribution in [3.05, 3.63) is 0 Å². The van der Waals surface area contributed by atoms with Gasteiger partial charge in [-0.1, -0.05) is 20.8 Å². The molecule has 0 spiro atoms. The Labute approximate surface area is 99.1 Å². The molecule has 3 nitrogen and oxygen atoms in total. The molecule has 0 aromatic carbocycles. The van der Waals surface area contributed by atoms with Gasteiger partial charge in [0.25, 0.3) is 0 Å². The zero-order valence-corrected chi connectivity index (χ0v) is 11.2. The van der Waals surface area contributed by atoms with E-state index in [2.05, 4.69) is 20.8 Å². The fourth-order valence-corrected chi connectivity index (χ4v) is 2.20. The Balaban J connectivity index is 2.40. The first-order chi connectivity index (χ1) is 7.30. The molecule has 1 amide bonds. The van der Waals surface area contributed by atoms with Gasteiger partial charge in [0, 0.05) is 13.1 Å². The number of carbonyl (C=O) groups is 1. The fourth-order valence-electron chi connectivity index (χ4n) is 2.20. The lowest BCUT2D eigenvalue weighted by atomic mass is 9.75. The third kappa shape index (κ3) is 3.69. The standard InChI is InChI=1S/C13H25NO2/c1-10(2)16-12(15)14-8-6-11(7-9-14)13(3,4)5/h10-11H,6-9H2,1-5H3. The lowest BCUT2D eigenvalue weighted by Crippen LogP contribution is -2.42. The number of rotatable bonds is 1. The molecule has 0 aliphatic carbocycles. The van der Waals surface area contributed by atoms with Gasteiger partial charge in [-0.3, -0.25) is 0 Å². The molecule has 16 heavy (non-hydrogen) atoms.